The SMILES string of the molecule is CS(=O)(=O)NCCNC(=O)c1cnn2ccc(N3C[C@@H](F)CC3c3cccc(F)c3)nc12. The van der Waals surface area contributed by atoms with Crippen molar-refractivity contribution >= 4 is 27.4 Å². The van der Waals surface area contributed by atoms with Crippen LogP contribution in [0.5, 0.6) is 0 Å². The molecule has 0 spiro atoms. The second kappa shape index (κ2) is 8.79. The summed E-state index contributed by atoms with van der Waals surface area (Å²) in [7, 11) is -3.35. The molecule has 12 heteroatoms. The quantitative estimate of drug-likeness (QED) is 0.512. The molecule has 32 heavy (non-hydrogen) atoms. The molecular formula is C20H22F2N6O3S. The fourth-order valence-corrected chi connectivity index (χ4v) is 4.23. The number of hydrogen-bond acceptors (Lipinski definition) is 6. The van der Waals surface area contributed by atoms with Crippen LogP contribution in [-0.2, 0) is 10.0 Å². The van der Waals surface area contributed by atoms with Crippen LogP contribution in [0.3, 0.4) is 0 Å². The van der Waals surface area contributed by atoms with Crippen molar-refractivity contribution in [3.63, 3.8) is 0 Å². The van der Waals surface area contributed by atoms with Gasteiger partial charge in [0.1, 0.15) is 23.4 Å². The summed E-state index contributed by atoms with van der Waals surface area (Å²) in [6, 6.07) is 7.34. The van der Waals surface area contributed by atoms with Crippen LogP contribution in [0.15, 0.2) is 42.7 Å². The smallest absolute Gasteiger partial charge is 0.256 e. The Bertz CT molecular complexity index is 1250. The number of alkyl halides is 1. The van der Waals surface area contributed by atoms with E-state index in [2.05, 4.69) is 20.1 Å². The Balaban J connectivity index is 1.57. The first-order chi connectivity index (χ1) is 15.2. The van der Waals surface area contributed by atoms with Crippen molar-refractivity contribution in [2.75, 3.05) is 30.8 Å². The zero-order chi connectivity index (χ0) is 22.9. The molecule has 170 valence electrons. The lowest BCUT2D eigenvalue weighted by atomic mass is 10.0. The largest absolute Gasteiger partial charge is 0.351 e. The molecule has 3 heterocycles. The van der Waals surface area contributed by atoms with Crippen LogP contribution in [0, 0.1) is 5.82 Å². The van der Waals surface area contributed by atoms with Crippen molar-refractivity contribution in [3.8, 4) is 0 Å². The number of rotatable bonds is 7. The Morgan fingerprint density at radius 2 is 2.09 bits per heavy atom. The fraction of sp³-hybridized carbons (Fsp3) is 0.350. The molecule has 3 aromatic rings. The minimum absolute atomic E-state index is 0.0451. The van der Waals surface area contributed by atoms with E-state index in [4.69, 9.17) is 0 Å². The number of nitrogens with one attached hydrogen (secondary N) is 2. The van der Waals surface area contributed by atoms with Crippen molar-refractivity contribution in [1.82, 2.24) is 24.6 Å². The van der Waals surface area contributed by atoms with Crippen molar-refractivity contribution in [2.45, 2.75) is 18.6 Å². The highest BCUT2D eigenvalue weighted by molar-refractivity contribution is 7.88. The van der Waals surface area contributed by atoms with Crippen LogP contribution in [0.4, 0.5) is 14.6 Å². The number of carbonyl (C=O) groups excluding carboxylic acids is 1. The molecular weight excluding hydrogens is 442 g/mol. The topological polar surface area (TPSA) is 109 Å². The zero-order valence-corrected chi connectivity index (χ0v) is 18.0. The molecule has 1 amide bonds. The highest BCUT2D eigenvalue weighted by Crippen LogP contribution is 2.37. The summed E-state index contributed by atoms with van der Waals surface area (Å²) in [5, 5.41) is 6.73. The normalized spacial score (nSPS) is 18.9. The van der Waals surface area contributed by atoms with Gasteiger partial charge < -0.3 is 10.2 Å². The molecule has 2 atom stereocenters. The summed E-state index contributed by atoms with van der Waals surface area (Å²) in [6.45, 7) is 0.223. The predicted octanol–water partition coefficient (Wildman–Crippen LogP) is 1.44. The number of carbonyl (C=O) groups is 1. The lowest BCUT2D eigenvalue weighted by Gasteiger charge is -2.25. The molecule has 1 aliphatic heterocycles. The Morgan fingerprint density at radius 3 is 2.84 bits per heavy atom. The average Bonchev–Trinajstić information content (AvgIpc) is 3.33. The molecule has 1 saturated heterocycles. The third kappa shape index (κ3) is 4.86. The van der Waals surface area contributed by atoms with Crippen molar-refractivity contribution < 1.29 is 22.0 Å². The molecule has 2 aromatic heterocycles. The molecule has 2 N–H and O–H groups in total. The summed E-state index contributed by atoms with van der Waals surface area (Å²) in [5.74, 6) is -0.417. The van der Waals surface area contributed by atoms with Gasteiger partial charge in [0.2, 0.25) is 10.0 Å². The molecule has 0 saturated carbocycles. The van der Waals surface area contributed by atoms with E-state index in [1.165, 1.54) is 22.8 Å². The van der Waals surface area contributed by atoms with E-state index < -0.39 is 34.0 Å². The number of fused-ring (bicyclic) bond motifs is 1. The predicted molar refractivity (Wildman–Crippen MR) is 114 cm³/mol. The van der Waals surface area contributed by atoms with Gasteiger partial charge in [0.05, 0.1) is 25.0 Å². The van der Waals surface area contributed by atoms with Crippen LogP contribution in [0.25, 0.3) is 5.65 Å². The maximum absolute atomic E-state index is 14.3. The summed E-state index contributed by atoms with van der Waals surface area (Å²) in [6.07, 6.45) is 3.11. The van der Waals surface area contributed by atoms with Gasteiger partial charge in [0.25, 0.3) is 5.91 Å². The highest BCUT2D eigenvalue weighted by Gasteiger charge is 2.34. The number of halogens is 2. The number of amides is 1. The Labute approximate surface area is 183 Å². The average molecular weight is 464 g/mol. The molecule has 0 aliphatic carbocycles. The first kappa shape index (κ1) is 22.1. The molecule has 9 nitrogen and oxygen atoms in total. The van der Waals surface area contributed by atoms with Crippen LogP contribution < -0.4 is 14.9 Å². The fourth-order valence-electron chi connectivity index (χ4n) is 3.75. The van der Waals surface area contributed by atoms with E-state index in [9.17, 15) is 22.0 Å². The van der Waals surface area contributed by atoms with Crippen molar-refractivity contribution in [1.29, 1.82) is 0 Å². The van der Waals surface area contributed by atoms with E-state index in [1.807, 2.05) is 0 Å². The van der Waals surface area contributed by atoms with E-state index in [-0.39, 0.29) is 37.3 Å². The third-order valence-corrected chi connectivity index (χ3v) is 5.88. The van der Waals surface area contributed by atoms with Crippen LogP contribution in [0.1, 0.15) is 28.4 Å². The molecule has 1 aliphatic rings. The summed E-state index contributed by atoms with van der Waals surface area (Å²) >= 11 is 0. The van der Waals surface area contributed by atoms with Gasteiger partial charge in [0.15, 0.2) is 5.65 Å². The van der Waals surface area contributed by atoms with Gasteiger partial charge in [-0.1, -0.05) is 12.1 Å². The monoisotopic (exact) mass is 464 g/mol. The number of anilines is 1. The first-order valence-electron chi connectivity index (χ1n) is 9.94. The summed E-state index contributed by atoms with van der Waals surface area (Å²) in [5.41, 5.74) is 1.12. The maximum atomic E-state index is 14.3. The minimum Gasteiger partial charge on any atom is -0.351 e. The Kier molecular flexibility index (Phi) is 6.07. The van der Waals surface area contributed by atoms with E-state index >= 15 is 0 Å². The van der Waals surface area contributed by atoms with Gasteiger partial charge in [-0.25, -0.2) is 31.4 Å². The van der Waals surface area contributed by atoms with E-state index in [0.29, 0.717) is 11.4 Å². The second-order valence-corrected chi connectivity index (χ2v) is 9.42. The molecule has 4 rings (SSSR count). The maximum Gasteiger partial charge on any atom is 0.256 e. The minimum atomic E-state index is -3.35. The van der Waals surface area contributed by atoms with Crippen LogP contribution >= 0.6 is 0 Å². The van der Waals surface area contributed by atoms with Gasteiger partial charge in [-0.3, -0.25) is 4.79 Å². The Morgan fingerprint density at radius 1 is 1.28 bits per heavy atom. The number of benzene rings is 1. The van der Waals surface area contributed by atoms with E-state index in [1.54, 1.807) is 29.3 Å². The number of nitrogens with zero attached hydrogens (tertiary/aromatic N) is 4. The van der Waals surface area contributed by atoms with Crippen LogP contribution in [-0.4, -0.2) is 61.0 Å². The summed E-state index contributed by atoms with van der Waals surface area (Å²) in [4.78, 5) is 18.8. The van der Waals surface area contributed by atoms with E-state index in [0.717, 1.165) is 6.26 Å². The molecule has 1 fully saturated rings. The lowest BCUT2D eigenvalue weighted by Crippen LogP contribution is -2.34. The number of sulfonamides is 1. The van der Waals surface area contributed by atoms with Gasteiger partial charge in [-0.2, -0.15) is 5.10 Å². The number of aromatic nitrogens is 3. The number of hydrogen-bond donors (Lipinski definition) is 2. The van der Waals surface area contributed by atoms with Gasteiger partial charge in [-0.05, 0) is 23.8 Å². The molecule has 1 unspecified atom stereocenters. The molecule has 1 aromatic carbocycles. The molecule has 0 bridgehead atoms. The summed E-state index contributed by atoms with van der Waals surface area (Å²) < 4.78 is 54.0. The zero-order valence-electron chi connectivity index (χ0n) is 17.2. The molecule has 0 radical (unpaired) electrons. The third-order valence-electron chi connectivity index (χ3n) is 5.15. The lowest BCUT2D eigenvalue weighted by molar-refractivity contribution is 0.0955. The Hall–Kier alpha value is -3.12. The first-order valence-corrected chi connectivity index (χ1v) is 11.8. The second-order valence-electron chi connectivity index (χ2n) is 7.59. The van der Waals surface area contributed by atoms with Gasteiger partial charge in [-0.15, -0.1) is 0 Å². The highest BCUT2D eigenvalue weighted by atomic mass is 32.2. The standard InChI is InChI=1S/C20H22F2N6O3S/c1-32(30,31)25-7-6-23-20(29)16-11-24-28-8-5-18(26-19(16)28)27-12-15(22)10-17(27)13-3-2-4-14(21)9-13/h2-5,8-9,11,15,17,25H,6-7,10,12H2,1H3,(H,23,29)/t15-,17?/m0/s1. The van der Waals surface area contributed by atoms with Gasteiger partial charge >= 0.3 is 0 Å². The van der Waals surface area contributed by atoms with Crippen LogP contribution in [0.2, 0.25) is 0 Å². The van der Waals surface area contributed by atoms with Crippen molar-refractivity contribution in [2.24, 2.45) is 0 Å². The van der Waals surface area contributed by atoms with Gasteiger partial charge in [0, 0.05) is 25.7 Å². The van der Waals surface area contributed by atoms with Crippen molar-refractivity contribution in [3.05, 3.63) is 59.7 Å².